The van der Waals surface area contributed by atoms with Crippen LogP contribution in [-0.4, -0.2) is 17.4 Å². The van der Waals surface area contributed by atoms with Crippen molar-refractivity contribution in [3.63, 3.8) is 0 Å². The fraction of sp³-hybridized carbons (Fsp3) is 0.273. The number of carbonyl (C=O) groups is 1. The quantitative estimate of drug-likeness (QED) is 0.768. The first kappa shape index (κ1) is 11.4. The first-order valence-electron chi connectivity index (χ1n) is 4.62. The zero-order valence-corrected chi connectivity index (χ0v) is 8.75. The molecule has 1 amide bonds. The van der Waals surface area contributed by atoms with Gasteiger partial charge >= 0.3 is 0 Å². The van der Waals surface area contributed by atoms with E-state index >= 15 is 0 Å². The van der Waals surface area contributed by atoms with Crippen molar-refractivity contribution < 1.29 is 9.18 Å². The smallest absolute Gasteiger partial charge is 0.220 e. The molecule has 80 valence electrons. The van der Waals surface area contributed by atoms with Crippen LogP contribution in [0.5, 0.6) is 0 Å². The molecule has 1 aromatic heterocycles. The van der Waals surface area contributed by atoms with Gasteiger partial charge in [0.05, 0.1) is 0 Å². The van der Waals surface area contributed by atoms with Crippen LogP contribution in [0.4, 0.5) is 4.39 Å². The molecule has 0 fully saturated rings. The number of aryl methyl sites for hydroxylation is 1. The number of pyridine rings is 1. The highest BCUT2D eigenvalue weighted by atomic mass is 19.1. The van der Waals surface area contributed by atoms with E-state index in [1.807, 2.05) is 6.92 Å². The van der Waals surface area contributed by atoms with Gasteiger partial charge in [0.25, 0.3) is 0 Å². The van der Waals surface area contributed by atoms with E-state index in [0.717, 1.165) is 5.56 Å². The molecule has 1 rings (SSSR count). The van der Waals surface area contributed by atoms with Gasteiger partial charge in [-0.1, -0.05) is 12.2 Å². The van der Waals surface area contributed by atoms with E-state index in [-0.39, 0.29) is 5.91 Å². The second kappa shape index (κ2) is 5.24. The number of hydrogen-bond acceptors (Lipinski definition) is 2. The van der Waals surface area contributed by atoms with Gasteiger partial charge in [-0.05, 0) is 18.6 Å². The van der Waals surface area contributed by atoms with Gasteiger partial charge < -0.3 is 5.32 Å². The first-order chi connectivity index (χ1) is 7.09. The van der Waals surface area contributed by atoms with Crippen molar-refractivity contribution >= 4 is 12.0 Å². The number of hydrogen-bond donors (Lipinski definition) is 1. The van der Waals surface area contributed by atoms with Crippen molar-refractivity contribution in [2.45, 2.75) is 13.8 Å². The van der Waals surface area contributed by atoms with E-state index in [1.165, 1.54) is 13.1 Å². The Morgan fingerprint density at radius 2 is 2.40 bits per heavy atom. The summed E-state index contributed by atoms with van der Waals surface area (Å²) in [6.07, 6.45) is 4.76. The summed E-state index contributed by atoms with van der Waals surface area (Å²) in [4.78, 5) is 14.1. The molecule has 0 aliphatic carbocycles. The van der Waals surface area contributed by atoms with Crippen molar-refractivity contribution in [2.24, 2.45) is 0 Å². The SMILES string of the molecule is CC(=O)NCC=Cc1cc(C)cnc1F. The first-order valence-corrected chi connectivity index (χ1v) is 4.62. The number of nitrogens with zero attached hydrogens (tertiary/aromatic N) is 1. The average molecular weight is 208 g/mol. The van der Waals surface area contributed by atoms with Crippen LogP contribution >= 0.6 is 0 Å². The van der Waals surface area contributed by atoms with Crippen LogP contribution in [0.15, 0.2) is 18.3 Å². The number of carbonyl (C=O) groups excluding carboxylic acids is 1. The van der Waals surface area contributed by atoms with Crippen LogP contribution < -0.4 is 5.32 Å². The van der Waals surface area contributed by atoms with Gasteiger partial charge in [-0.15, -0.1) is 0 Å². The Kier molecular flexibility index (Phi) is 3.97. The van der Waals surface area contributed by atoms with Gasteiger partial charge in [0.15, 0.2) is 0 Å². The lowest BCUT2D eigenvalue weighted by atomic mass is 10.2. The Bertz CT molecular complexity index is 388. The summed E-state index contributed by atoms with van der Waals surface area (Å²) in [5.41, 5.74) is 1.33. The largest absolute Gasteiger partial charge is 0.353 e. The lowest BCUT2D eigenvalue weighted by Crippen LogP contribution is -2.19. The summed E-state index contributed by atoms with van der Waals surface area (Å²) >= 11 is 0. The van der Waals surface area contributed by atoms with E-state index in [9.17, 15) is 9.18 Å². The van der Waals surface area contributed by atoms with Crippen LogP contribution in [0.1, 0.15) is 18.1 Å². The molecule has 1 aromatic rings. The third-order valence-electron chi connectivity index (χ3n) is 1.77. The zero-order valence-electron chi connectivity index (χ0n) is 8.75. The molecular formula is C11H13FN2O. The fourth-order valence-electron chi connectivity index (χ4n) is 1.08. The topological polar surface area (TPSA) is 42.0 Å². The van der Waals surface area contributed by atoms with Crippen LogP contribution in [0.2, 0.25) is 0 Å². The molecule has 15 heavy (non-hydrogen) atoms. The number of halogens is 1. The second-order valence-corrected chi connectivity index (χ2v) is 3.23. The minimum absolute atomic E-state index is 0.109. The molecule has 0 bridgehead atoms. The Balaban J connectivity index is 2.63. The summed E-state index contributed by atoms with van der Waals surface area (Å²) in [6.45, 7) is 3.67. The molecule has 0 radical (unpaired) electrons. The molecule has 3 nitrogen and oxygen atoms in total. The Hall–Kier alpha value is -1.71. The third kappa shape index (κ3) is 3.89. The van der Waals surface area contributed by atoms with E-state index < -0.39 is 5.95 Å². The molecule has 0 saturated heterocycles. The predicted octanol–water partition coefficient (Wildman–Crippen LogP) is 1.68. The standard InChI is InChI=1S/C11H13FN2O/c1-8-6-10(11(12)14-7-8)4-3-5-13-9(2)15/h3-4,6-7H,5H2,1-2H3,(H,13,15). The van der Waals surface area contributed by atoms with Crippen LogP contribution in [0.3, 0.4) is 0 Å². The molecule has 0 spiro atoms. The Morgan fingerprint density at radius 3 is 3.07 bits per heavy atom. The zero-order chi connectivity index (χ0) is 11.3. The molecule has 0 atom stereocenters. The summed E-state index contributed by atoms with van der Waals surface area (Å²) in [5, 5.41) is 2.58. The fourth-order valence-corrected chi connectivity index (χ4v) is 1.08. The van der Waals surface area contributed by atoms with Gasteiger partial charge in [0, 0.05) is 25.2 Å². The molecule has 0 unspecified atom stereocenters. The normalized spacial score (nSPS) is 10.6. The molecule has 0 saturated carbocycles. The predicted molar refractivity (Wildman–Crippen MR) is 56.6 cm³/mol. The van der Waals surface area contributed by atoms with Crippen molar-refractivity contribution in [1.82, 2.24) is 10.3 Å². The Labute approximate surface area is 88.0 Å². The summed E-state index contributed by atoms with van der Waals surface area (Å²) < 4.78 is 13.1. The van der Waals surface area contributed by atoms with Gasteiger partial charge in [-0.2, -0.15) is 4.39 Å². The maximum absolute atomic E-state index is 13.1. The minimum Gasteiger partial charge on any atom is -0.353 e. The summed E-state index contributed by atoms with van der Waals surface area (Å²) in [7, 11) is 0. The van der Waals surface area contributed by atoms with E-state index in [4.69, 9.17) is 0 Å². The molecule has 1 N–H and O–H groups in total. The van der Waals surface area contributed by atoms with Crippen LogP contribution in [0.25, 0.3) is 6.08 Å². The highest BCUT2D eigenvalue weighted by molar-refractivity contribution is 5.73. The number of rotatable bonds is 3. The van der Waals surface area contributed by atoms with Gasteiger partial charge in [-0.3, -0.25) is 4.79 Å². The summed E-state index contributed by atoms with van der Waals surface area (Å²) in [5.74, 6) is -0.609. The molecule has 0 aromatic carbocycles. The van der Waals surface area contributed by atoms with Crippen molar-refractivity contribution in [1.29, 1.82) is 0 Å². The molecular weight excluding hydrogens is 195 g/mol. The van der Waals surface area contributed by atoms with Crippen molar-refractivity contribution in [2.75, 3.05) is 6.54 Å². The van der Waals surface area contributed by atoms with E-state index in [1.54, 1.807) is 18.2 Å². The number of nitrogens with one attached hydrogen (secondary N) is 1. The lowest BCUT2D eigenvalue weighted by molar-refractivity contribution is -0.118. The van der Waals surface area contributed by atoms with Gasteiger partial charge in [0.1, 0.15) is 0 Å². The van der Waals surface area contributed by atoms with E-state index in [2.05, 4.69) is 10.3 Å². The number of amides is 1. The average Bonchev–Trinajstić information content (AvgIpc) is 2.17. The van der Waals surface area contributed by atoms with Gasteiger partial charge in [0.2, 0.25) is 11.9 Å². The van der Waals surface area contributed by atoms with Crippen molar-refractivity contribution in [3.8, 4) is 0 Å². The maximum atomic E-state index is 13.1. The maximum Gasteiger partial charge on any atom is 0.220 e. The van der Waals surface area contributed by atoms with Crippen molar-refractivity contribution in [3.05, 3.63) is 35.4 Å². The molecule has 4 heteroatoms. The van der Waals surface area contributed by atoms with E-state index in [0.29, 0.717) is 12.1 Å². The lowest BCUT2D eigenvalue weighted by Gasteiger charge is -1.98. The van der Waals surface area contributed by atoms with Crippen LogP contribution in [0, 0.1) is 12.9 Å². The third-order valence-corrected chi connectivity index (χ3v) is 1.77. The second-order valence-electron chi connectivity index (χ2n) is 3.23. The monoisotopic (exact) mass is 208 g/mol. The minimum atomic E-state index is -0.500. The molecule has 0 aliphatic heterocycles. The Morgan fingerprint density at radius 1 is 1.67 bits per heavy atom. The van der Waals surface area contributed by atoms with Gasteiger partial charge in [-0.25, -0.2) is 4.98 Å². The summed E-state index contributed by atoms with van der Waals surface area (Å²) in [6, 6.07) is 1.70. The van der Waals surface area contributed by atoms with Crippen LogP contribution in [-0.2, 0) is 4.79 Å². The molecule has 1 heterocycles. The molecule has 0 aliphatic rings. The highest BCUT2D eigenvalue weighted by Crippen LogP contribution is 2.08. The highest BCUT2D eigenvalue weighted by Gasteiger charge is 1.98. The number of aromatic nitrogens is 1.